The van der Waals surface area contributed by atoms with E-state index in [1.54, 1.807) is 32.4 Å². The van der Waals surface area contributed by atoms with Crippen LogP contribution in [0.2, 0.25) is 0 Å². The fourth-order valence-corrected chi connectivity index (χ4v) is 5.73. The second-order valence-electron chi connectivity index (χ2n) is 9.00. The topological polar surface area (TPSA) is 101 Å². The molecule has 2 aromatic rings. The van der Waals surface area contributed by atoms with Crippen LogP contribution in [0.1, 0.15) is 42.4 Å². The molecule has 5 rings (SSSR count). The molecule has 1 atom stereocenters. The Bertz CT molecular complexity index is 1160. The van der Waals surface area contributed by atoms with Gasteiger partial charge in [0.2, 0.25) is 0 Å². The Morgan fingerprint density at radius 1 is 1.19 bits per heavy atom. The van der Waals surface area contributed by atoms with Crippen LogP contribution in [0, 0.1) is 16.7 Å². The Hall–Kier alpha value is -3.37. The molecule has 1 amide bonds. The molecule has 1 fully saturated rings. The van der Waals surface area contributed by atoms with Crippen LogP contribution in [0.3, 0.4) is 0 Å². The number of guanidine groups is 1. The van der Waals surface area contributed by atoms with E-state index >= 15 is 0 Å². The van der Waals surface area contributed by atoms with Crippen molar-refractivity contribution in [1.82, 2.24) is 4.90 Å². The molecule has 0 bridgehead atoms. The van der Waals surface area contributed by atoms with E-state index in [0.29, 0.717) is 17.1 Å². The van der Waals surface area contributed by atoms with Gasteiger partial charge < -0.3 is 15.2 Å². The summed E-state index contributed by atoms with van der Waals surface area (Å²) in [7, 11) is 3.44. The minimum Gasteiger partial charge on any atom is -0.457 e. The maximum absolute atomic E-state index is 13.7. The van der Waals surface area contributed by atoms with Crippen molar-refractivity contribution in [2.75, 3.05) is 14.2 Å². The highest BCUT2D eigenvalue weighted by atomic mass is 16.5. The number of nitriles is 1. The van der Waals surface area contributed by atoms with E-state index in [9.17, 15) is 4.79 Å². The fraction of sp³-hybridized carbons (Fsp3) is 0.400. The van der Waals surface area contributed by atoms with Gasteiger partial charge in [-0.05, 0) is 73.6 Å². The van der Waals surface area contributed by atoms with E-state index in [0.717, 1.165) is 43.2 Å². The molecule has 0 saturated heterocycles. The van der Waals surface area contributed by atoms with Crippen LogP contribution >= 0.6 is 0 Å². The molecule has 2 aliphatic carbocycles. The normalized spacial score (nSPS) is 28.7. The van der Waals surface area contributed by atoms with E-state index in [-0.39, 0.29) is 23.4 Å². The Morgan fingerprint density at radius 2 is 1.94 bits per heavy atom. The van der Waals surface area contributed by atoms with Gasteiger partial charge in [0.15, 0.2) is 11.5 Å². The summed E-state index contributed by atoms with van der Waals surface area (Å²) in [6, 6.07) is 15.0. The van der Waals surface area contributed by atoms with Crippen LogP contribution in [-0.2, 0) is 21.5 Å². The summed E-state index contributed by atoms with van der Waals surface area (Å²) in [6.45, 7) is 0. The number of hydrogen-bond donors (Lipinski definition) is 1. The van der Waals surface area contributed by atoms with E-state index in [1.165, 1.54) is 4.90 Å². The summed E-state index contributed by atoms with van der Waals surface area (Å²) in [5.74, 6) is 1.36. The SMILES string of the molecule is CO[C@H]1CC[C@]2(CC1)Cc1ccc(Oc3cccc(C#N)c3)cc1[C@@]21N=C(N)N(C)C1=O. The fourth-order valence-electron chi connectivity index (χ4n) is 5.73. The first-order chi connectivity index (χ1) is 15.4. The number of likely N-dealkylation sites (N-methyl/N-ethyl adjacent to an activating group) is 1. The van der Waals surface area contributed by atoms with Crippen LogP contribution < -0.4 is 10.5 Å². The number of nitrogens with zero attached hydrogens (tertiary/aromatic N) is 3. The number of aliphatic imine (C=N–C) groups is 1. The van der Waals surface area contributed by atoms with Crippen molar-refractivity contribution in [3.05, 3.63) is 59.2 Å². The van der Waals surface area contributed by atoms with E-state index in [4.69, 9.17) is 25.5 Å². The zero-order chi connectivity index (χ0) is 22.5. The number of amides is 1. The summed E-state index contributed by atoms with van der Waals surface area (Å²) < 4.78 is 11.7. The zero-order valence-electron chi connectivity index (χ0n) is 18.3. The van der Waals surface area contributed by atoms with Crippen molar-refractivity contribution in [3.8, 4) is 17.6 Å². The molecule has 2 N–H and O–H groups in total. The highest BCUT2D eigenvalue weighted by molar-refractivity contribution is 6.08. The quantitative estimate of drug-likeness (QED) is 0.804. The first-order valence-electron chi connectivity index (χ1n) is 10.9. The number of carbonyl (C=O) groups excluding carboxylic acids is 1. The van der Waals surface area contributed by atoms with Crippen LogP contribution in [-0.4, -0.2) is 37.0 Å². The minimum atomic E-state index is -1.03. The third-order valence-corrected chi connectivity index (χ3v) is 7.43. The van der Waals surface area contributed by atoms with Crippen LogP contribution in [0.25, 0.3) is 0 Å². The average molecular weight is 431 g/mol. The summed E-state index contributed by atoms with van der Waals surface area (Å²) in [5.41, 5.74) is 7.34. The lowest BCUT2D eigenvalue weighted by molar-refractivity contribution is -0.137. The van der Waals surface area contributed by atoms with Gasteiger partial charge in [0, 0.05) is 19.6 Å². The first kappa shape index (κ1) is 20.5. The maximum atomic E-state index is 13.7. The molecule has 164 valence electrons. The van der Waals surface area contributed by atoms with Gasteiger partial charge in [0.25, 0.3) is 5.91 Å². The van der Waals surface area contributed by atoms with Gasteiger partial charge in [0.05, 0.1) is 17.7 Å². The molecule has 32 heavy (non-hydrogen) atoms. The van der Waals surface area contributed by atoms with E-state index in [1.807, 2.05) is 24.3 Å². The highest BCUT2D eigenvalue weighted by Crippen LogP contribution is 2.62. The van der Waals surface area contributed by atoms with Gasteiger partial charge in [-0.3, -0.25) is 9.69 Å². The predicted molar refractivity (Wildman–Crippen MR) is 119 cm³/mol. The van der Waals surface area contributed by atoms with Crippen LogP contribution in [0.4, 0.5) is 0 Å². The number of nitrogens with two attached hydrogens (primary N) is 1. The van der Waals surface area contributed by atoms with E-state index < -0.39 is 5.54 Å². The van der Waals surface area contributed by atoms with Gasteiger partial charge >= 0.3 is 0 Å². The zero-order valence-corrected chi connectivity index (χ0v) is 18.3. The Balaban J connectivity index is 1.58. The van der Waals surface area contributed by atoms with E-state index in [2.05, 4.69) is 6.07 Å². The van der Waals surface area contributed by atoms with Crippen LogP contribution in [0.15, 0.2) is 47.5 Å². The Kier molecular flexibility index (Phi) is 4.72. The second-order valence-corrected chi connectivity index (χ2v) is 9.00. The molecule has 1 saturated carbocycles. The molecule has 2 aromatic carbocycles. The summed E-state index contributed by atoms with van der Waals surface area (Å²) in [5, 5.41) is 9.17. The molecule has 3 aliphatic rings. The standard InChI is InChI=1S/C25H26N4O3/c1-29-22(30)25(28-23(29)27)21-13-20(32-19-5-3-4-16(12-19)15-26)7-6-17(21)14-24(25)10-8-18(31-2)9-11-24/h3-7,12-13,18H,8-11,14H2,1-2H3,(H2,27,28)/t18-,24-,25-/m0/s1. The van der Waals surface area contributed by atoms with Crippen molar-refractivity contribution in [2.24, 2.45) is 16.1 Å². The number of fused-ring (bicyclic) bond motifs is 3. The molecule has 0 radical (unpaired) electrons. The third-order valence-electron chi connectivity index (χ3n) is 7.43. The summed E-state index contributed by atoms with van der Waals surface area (Å²) >= 11 is 0. The number of carbonyl (C=O) groups is 1. The molecule has 1 aliphatic heterocycles. The van der Waals surface area contributed by atoms with Gasteiger partial charge in [-0.2, -0.15) is 5.26 Å². The molecule has 0 aromatic heterocycles. The molecule has 0 unspecified atom stereocenters. The smallest absolute Gasteiger partial charge is 0.262 e. The number of ether oxygens (including phenoxy) is 2. The van der Waals surface area contributed by atoms with Crippen molar-refractivity contribution >= 4 is 11.9 Å². The van der Waals surface area contributed by atoms with Crippen molar-refractivity contribution in [2.45, 2.75) is 43.7 Å². The van der Waals surface area contributed by atoms with Gasteiger partial charge in [-0.15, -0.1) is 0 Å². The Morgan fingerprint density at radius 3 is 2.59 bits per heavy atom. The Labute approximate surface area is 187 Å². The summed E-state index contributed by atoms with van der Waals surface area (Å²) in [4.78, 5) is 20.0. The lowest BCUT2D eigenvalue weighted by Crippen LogP contribution is -2.51. The van der Waals surface area contributed by atoms with Crippen molar-refractivity contribution in [1.29, 1.82) is 5.26 Å². The monoisotopic (exact) mass is 430 g/mol. The van der Waals surface area contributed by atoms with Gasteiger partial charge in [-0.1, -0.05) is 12.1 Å². The molecular formula is C25H26N4O3. The number of rotatable bonds is 3. The number of benzene rings is 2. The molecular weight excluding hydrogens is 404 g/mol. The van der Waals surface area contributed by atoms with Crippen LogP contribution in [0.5, 0.6) is 11.5 Å². The molecule has 7 heteroatoms. The summed E-state index contributed by atoms with van der Waals surface area (Å²) in [6.07, 6.45) is 4.46. The van der Waals surface area contributed by atoms with Crippen molar-refractivity contribution < 1.29 is 14.3 Å². The van der Waals surface area contributed by atoms with Gasteiger partial charge in [-0.25, -0.2) is 4.99 Å². The molecule has 1 heterocycles. The van der Waals surface area contributed by atoms with Crippen molar-refractivity contribution in [3.63, 3.8) is 0 Å². The minimum absolute atomic E-state index is 0.0757. The second kappa shape index (κ2) is 7.35. The lowest BCUT2D eigenvalue weighted by atomic mass is 9.61. The van der Waals surface area contributed by atoms with Gasteiger partial charge in [0.1, 0.15) is 11.5 Å². The first-order valence-corrected chi connectivity index (χ1v) is 10.9. The lowest BCUT2D eigenvalue weighted by Gasteiger charge is -2.45. The molecule has 7 nitrogen and oxygen atoms in total. The average Bonchev–Trinajstić information content (AvgIpc) is 3.21. The predicted octanol–water partition coefficient (Wildman–Crippen LogP) is 3.46. The number of hydrogen-bond acceptors (Lipinski definition) is 6. The largest absolute Gasteiger partial charge is 0.457 e. The molecule has 2 spiro atoms. The highest BCUT2D eigenvalue weighted by Gasteiger charge is 2.66. The third kappa shape index (κ3) is 2.83. The maximum Gasteiger partial charge on any atom is 0.262 e. The number of methoxy groups -OCH3 is 1.